The van der Waals surface area contributed by atoms with E-state index in [0.29, 0.717) is 18.8 Å². The highest BCUT2D eigenvalue weighted by molar-refractivity contribution is 5.28. The maximum Gasteiger partial charge on any atom is 0.127 e. The lowest BCUT2D eigenvalue weighted by Crippen LogP contribution is -2.55. The van der Waals surface area contributed by atoms with Crippen LogP contribution in [0.15, 0.2) is 11.6 Å². The molecule has 0 amide bonds. The minimum atomic E-state index is -1.16. The van der Waals surface area contributed by atoms with Gasteiger partial charge < -0.3 is 15.3 Å². The largest absolute Gasteiger partial charge is 0.393 e. The number of rotatable bonds is 0. The van der Waals surface area contributed by atoms with Gasteiger partial charge in [-0.25, -0.2) is 4.39 Å². The van der Waals surface area contributed by atoms with E-state index in [1.165, 1.54) is 5.57 Å². The van der Waals surface area contributed by atoms with Crippen molar-refractivity contribution in [3.05, 3.63) is 11.6 Å². The van der Waals surface area contributed by atoms with Crippen molar-refractivity contribution in [3.8, 4) is 0 Å². The maximum atomic E-state index is 14.2. The fraction of sp³-hybridized carbons (Fsp3) is 0.895. The first-order chi connectivity index (χ1) is 10.8. The summed E-state index contributed by atoms with van der Waals surface area (Å²) >= 11 is 0. The molecule has 0 spiro atoms. The summed E-state index contributed by atoms with van der Waals surface area (Å²) in [7, 11) is 0. The lowest BCUT2D eigenvalue weighted by molar-refractivity contribution is -0.108. The molecule has 0 aromatic rings. The molecule has 4 aliphatic carbocycles. The van der Waals surface area contributed by atoms with Gasteiger partial charge in [-0.2, -0.15) is 0 Å². The topological polar surface area (TPSA) is 60.7 Å². The van der Waals surface area contributed by atoms with E-state index in [1.54, 1.807) is 0 Å². The molecule has 130 valence electrons. The molecule has 3 saturated carbocycles. The smallest absolute Gasteiger partial charge is 0.127 e. The van der Waals surface area contributed by atoms with Crippen molar-refractivity contribution in [1.29, 1.82) is 0 Å². The molecule has 0 radical (unpaired) electrons. The Labute approximate surface area is 137 Å². The first-order valence-corrected chi connectivity index (χ1v) is 9.17. The standard InChI is InChI=1S/C19H29FO3/c1-18-5-3-11(21)7-10(18)8-15(22)16-12(18)4-6-19(2)13(16)9-14(20)17(19)23/h8,11-17,21-23H,3-7,9H2,1-2H3/t11-,12+,13+,14-,15+,16-,17+,18+,19+/m1/s1. The van der Waals surface area contributed by atoms with Gasteiger partial charge in [-0.3, -0.25) is 0 Å². The van der Waals surface area contributed by atoms with Gasteiger partial charge in [-0.05, 0) is 67.1 Å². The molecule has 4 rings (SSSR count). The normalized spacial score (nSPS) is 58.9. The molecule has 9 atom stereocenters. The molecule has 3 N–H and O–H groups in total. The van der Waals surface area contributed by atoms with Crippen LogP contribution in [0.5, 0.6) is 0 Å². The Hall–Kier alpha value is -0.450. The van der Waals surface area contributed by atoms with Gasteiger partial charge in [-0.15, -0.1) is 0 Å². The van der Waals surface area contributed by atoms with E-state index in [9.17, 15) is 19.7 Å². The lowest BCUT2D eigenvalue weighted by atomic mass is 9.47. The zero-order valence-corrected chi connectivity index (χ0v) is 14.1. The van der Waals surface area contributed by atoms with Crippen LogP contribution in [0.4, 0.5) is 4.39 Å². The van der Waals surface area contributed by atoms with Crippen LogP contribution in [-0.2, 0) is 0 Å². The van der Waals surface area contributed by atoms with E-state index in [2.05, 4.69) is 6.92 Å². The SMILES string of the molecule is C[C@]12CC[C@H]3[C@@H]([C@@H](O)C=C4C[C@H](O)CC[C@@]43C)[C@@H]1C[C@@H](F)[C@@H]2O. The Morgan fingerprint density at radius 2 is 1.83 bits per heavy atom. The van der Waals surface area contributed by atoms with Crippen molar-refractivity contribution in [2.45, 2.75) is 76.9 Å². The second kappa shape index (κ2) is 5.03. The van der Waals surface area contributed by atoms with Crippen LogP contribution in [0.3, 0.4) is 0 Å². The average Bonchev–Trinajstić information content (AvgIpc) is 2.73. The minimum absolute atomic E-state index is 0.0177. The van der Waals surface area contributed by atoms with Gasteiger partial charge in [0, 0.05) is 0 Å². The Bertz CT molecular complexity index is 535. The Kier molecular flexibility index (Phi) is 3.51. The van der Waals surface area contributed by atoms with Gasteiger partial charge in [0.05, 0.1) is 18.3 Å². The van der Waals surface area contributed by atoms with Crippen molar-refractivity contribution in [1.82, 2.24) is 0 Å². The van der Waals surface area contributed by atoms with E-state index in [4.69, 9.17) is 0 Å². The number of alkyl halides is 1. The summed E-state index contributed by atoms with van der Waals surface area (Å²) in [5.74, 6) is 0.413. The lowest BCUT2D eigenvalue weighted by Gasteiger charge is -2.58. The fourth-order valence-electron chi connectivity index (χ4n) is 6.58. The number of fused-ring (bicyclic) bond motifs is 5. The molecule has 0 heterocycles. The van der Waals surface area contributed by atoms with Crippen molar-refractivity contribution in [2.75, 3.05) is 0 Å². The molecule has 0 aromatic carbocycles. The van der Waals surface area contributed by atoms with Crippen LogP contribution in [0.2, 0.25) is 0 Å². The third-order valence-corrected chi connectivity index (χ3v) is 8.04. The van der Waals surface area contributed by atoms with E-state index in [1.807, 2.05) is 13.0 Å². The van der Waals surface area contributed by atoms with Crippen molar-refractivity contribution in [2.24, 2.45) is 28.6 Å². The third-order valence-electron chi connectivity index (χ3n) is 8.04. The maximum absolute atomic E-state index is 14.2. The van der Waals surface area contributed by atoms with E-state index >= 15 is 0 Å². The number of hydrogen-bond donors (Lipinski definition) is 3. The van der Waals surface area contributed by atoms with E-state index in [-0.39, 0.29) is 23.4 Å². The Morgan fingerprint density at radius 3 is 2.57 bits per heavy atom. The van der Waals surface area contributed by atoms with Gasteiger partial charge in [-0.1, -0.05) is 25.5 Å². The van der Waals surface area contributed by atoms with E-state index in [0.717, 1.165) is 25.7 Å². The van der Waals surface area contributed by atoms with Gasteiger partial charge in [0.2, 0.25) is 0 Å². The van der Waals surface area contributed by atoms with Crippen LogP contribution in [0.25, 0.3) is 0 Å². The van der Waals surface area contributed by atoms with Gasteiger partial charge >= 0.3 is 0 Å². The first-order valence-electron chi connectivity index (χ1n) is 9.17. The summed E-state index contributed by atoms with van der Waals surface area (Å²) in [4.78, 5) is 0. The van der Waals surface area contributed by atoms with E-state index < -0.39 is 23.8 Å². The van der Waals surface area contributed by atoms with Crippen molar-refractivity contribution < 1.29 is 19.7 Å². The van der Waals surface area contributed by atoms with Gasteiger partial charge in [0.1, 0.15) is 6.17 Å². The van der Waals surface area contributed by atoms with Crippen LogP contribution in [-0.4, -0.2) is 39.8 Å². The zero-order chi connectivity index (χ0) is 16.6. The van der Waals surface area contributed by atoms with Gasteiger partial charge in [0.25, 0.3) is 0 Å². The third kappa shape index (κ3) is 2.04. The molecule has 0 aromatic heterocycles. The minimum Gasteiger partial charge on any atom is -0.393 e. The number of aliphatic hydroxyl groups excluding tert-OH is 3. The molecule has 0 saturated heterocycles. The quantitative estimate of drug-likeness (QED) is 0.600. The highest BCUT2D eigenvalue weighted by Gasteiger charge is 2.63. The van der Waals surface area contributed by atoms with Gasteiger partial charge in [0.15, 0.2) is 0 Å². The van der Waals surface area contributed by atoms with Crippen molar-refractivity contribution in [3.63, 3.8) is 0 Å². The summed E-state index contributed by atoms with van der Waals surface area (Å²) in [6.45, 7) is 4.28. The number of aliphatic hydroxyl groups is 3. The molecule has 23 heavy (non-hydrogen) atoms. The zero-order valence-electron chi connectivity index (χ0n) is 14.1. The highest BCUT2D eigenvalue weighted by atomic mass is 19.1. The van der Waals surface area contributed by atoms with Crippen molar-refractivity contribution >= 4 is 0 Å². The fourth-order valence-corrected chi connectivity index (χ4v) is 6.58. The molecule has 3 fully saturated rings. The molecule has 4 aliphatic rings. The second-order valence-electron chi connectivity index (χ2n) is 9.03. The Morgan fingerprint density at radius 1 is 1.09 bits per heavy atom. The molecular formula is C19H29FO3. The molecule has 0 aliphatic heterocycles. The molecule has 4 heteroatoms. The molecule has 0 bridgehead atoms. The predicted molar refractivity (Wildman–Crippen MR) is 85.4 cm³/mol. The Balaban J connectivity index is 1.73. The number of halogens is 1. The first kappa shape index (κ1) is 16.0. The molecule has 0 unspecified atom stereocenters. The second-order valence-corrected chi connectivity index (χ2v) is 9.03. The average molecular weight is 324 g/mol. The predicted octanol–water partition coefficient (Wildman–Crippen LogP) is 2.59. The summed E-state index contributed by atoms with van der Waals surface area (Å²) in [6.07, 6.45) is 3.57. The van der Waals surface area contributed by atoms with Crippen LogP contribution in [0, 0.1) is 28.6 Å². The van der Waals surface area contributed by atoms with Crippen LogP contribution >= 0.6 is 0 Å². The molecule has 3 nitrogen and oxygen atoms in total. The summed E-state index contributed by atoms with van der Waals surface area (Å²) in [5, 5.41) is 31.2. The number of hydrogen-bond acceptors (Lipinski definition) is 3. The van der Waals surface area contributed by atoms with Crippen LogP contribution < -0.4 is 0 Å². The highest BCUT2D eigenvalue weighted by Crippen LogP contribution is 2.65. The summed E-state index contributed by atoms with van der Waals surface area (Å²) < 4.78 is 14.2. The summed E-state index contributed by atoms with van der Waals surface area (Å²) in [6, 6.07) is 0. The summed E-state index contributed by atoms with van der Waals surface area (Å²) in [5.41, 5.74) is 0.810. The monoisotopic (exact) mass is 324 g/mol. The van der Waals surface area contributed by atoms with Crippen LogP contribution in [0.1, 0.15) is 52.4 Å². The molecular weight excluding hydrogens is 295 g/mol.